The zero-order valence-electron chi connectivity index (χ0n) is 13.0. The van der Waals surface area contributed by atoms with Crippen LogP contribution in [0.1, 0.15) is 0 Å². The van der Waals surface area contributed by atoms with Crippen molar-refractivity contribution in [1.82, 2.24) is 0 Å². The van der Waals surface area contributed by atoms with Crippen LogP contribution in [-0.2, 0) is 18.9 Å². The summed E-state index contributed by atoms with van der Waals surface area (Å²) in [6, 6.07) is 0. The van der Waals surface area contributed by atoms with Crippen molar-refractivity contribution in [3.63, 3.8) is 0 Å². The van der Waals surface area contributed by atoms with E-state index < -0.39 is 74.6 Å². The SMILES string of the molecule is CO[C@H]1O[C@H](CO)[C@@H](O[C@H]2O[C@H](CO)[C@@H](O)[C@H](O)[C@@H]2O)[C@H](O)[C@@H]1O. The number of methoxy groups -OCH3 is 1. The van der Waals surface area contributed by atoms with Gasteiger partial charge in [0, 0.05) is 7.11 Å². The highest BCUT2D eigenvalue weighted by Gasteiger charge is 2.50. The molecule has 2 fully saturated rings. The van der Waals surface area contributed by atoms with Gasteiger partial charge in [-0.05, 0) is 0 Å². The minimum Gasteiger partial charge on any atom is -0.394 e. The molecule has 142 valence electrons. The van der Waals surface area contributed by atoms with Crippen LogP contribution >= 0.6 is 0 Å². The van der Waals surface area contributed by atoms with Gasteiger partial charge < -0.3 is 54.7 Å². The van der Waals surface area contributed by atoms with Gasteiger partial charge in [0.15, 0.2) is 12.6 Å². The van der Waals surface area contributed by atoms with E-state index >= 15 is 0 Å². The van der Waals surface area contributed by atoms with Crippen molar-refractivity contribution in [1.29, 1.82) is 0 Å². The Morgan fingerprint density at radius 2 is 1.25 bits per heavy atom. The van der Waals surface area contributed by atoms with Crippen LogP contribution in [-0.4, -0.2) is 117 Å². The zero-order chi connectivity index (χ0) is 18.0. The van der Waals surface area contributed by atoms with Gasteiger partial charge in [-0.2, -0.15) is 0 Å². The molecule has 0 radical (unpaired) electrons. The van der Waals surface area contributed by atoms with E-state index in [1.165, 1.54) is 7.11 Å². The zero-order valence-corrected chi connectivity index (χ0v) is 13.0. The lowest BCUT2D eigenvalue weighted by molar-refractivity contribution is -0.357. The first kappa shape index (κ1) is 19.9. The van der Waals surface area contributed by atoms with Gasteiger partial charge in [-0.3, -0.25) is 0 Å². The van der Waals surface area contributed by atoms with Crippen molar-refractivity contribution in [2.45, 2.75) is 61.4 Å². The van der Waals surface area contributed by atoms with Gasteiger partial charge in [0.2, 0.25) is 0 Å². The van der Waals surface area contributed by atoms with Gasteiger partial charge in [0.05, 0.1) is 13.2 Å². The van der Waals surface area contributed by atoms with E-state index in [9.17, 15) is 30.6 Å². The van der Waals surface area contributed by atoms with E-state index in [2.05, 4.69) is 0 Å². The molecule has 0 amide bonds. The molecule has 0 aromatic rings. The van der Waals surface area contributed by atoms with Crippen molar-refractivity contribution in [2.75, 3.05) is 20.3 Å². The smallest absolute Gasteiger partial charge is 0.187 e. The Morgan fingerprint density at radius 3 is 1.79 bits per heavy atom. The molecule has 24 heavy (non-hydrogen) atoms. The molecule has 0 bridgehead atoms. The van der Waals surface area contributed by atoms with Crippen LogP contribution < -0.4 is 0 Å². The summed E-state index contributed by atoms with van der Waals surface area (Å²) in [5.41, 5.74) is 0. The topological polar surface area (TPSA) is 179 Å². The molecule has 11 nitrogen and oxygen atoms in total. The molecule has 0 aliphatic carbocycles. The van der Waals surface area contributed by atoms with E-state index in [0.717, 1.165) is 0 Å². The standard InChI is InChI=1S/C13H24O11/c1-21-12-10(20)8(18)11(5(3-15)23-12)24-13-9(19)7(17)6(16)4(2-14)22-13/h4-20H,2-3H2,1H3/t4-,5-,6-,7+,8-,9+,10+,11-,12+,13-/m1/s1. The van der Waals surface area contributed by atoms with Gasteiger partial charge in [0.1, 0.15) is 48.8 Å². The highest BCUT2D eigenvalue weighted by atomic mass is 16.7. The lowest BCUT2D eigenvalue weighted by atomic mass is 9.97. The van der Waals surface area contributed by atoms with Crippen LogP contribution in [0.3, 0.4) is 0 Å². The molecular weight excluding hydrogens is 332 g/mol. The Morgan fingerprint density at radius 1 is 0.708 bits per heavy atom. The lowest BCUT2D eigenvalue weighted by Crippen LogP contribution is -2.64. The molecule has 2 heterocycles. The maximum Gasteiger partial charge on any atom is 0.187 e. The van der Waals surface area contributed by atoms with Crippen LogP contribution in [0.5, 0.6) is 0 Å². The Hall–Kier alpha value is -0.440. The summed E-state index contributed by atoms with van der Waals surface area (Å²) in [6.45, 7) is -1.24. The lowest BCUT2D eigenvalue weighted by Gasteiger charge is -2.45. The van der Waals surface area contributed by atoms with Crippen LogP contribution in [0.25, 0.3) is 0 Å². The van der Waals surface area contributed by atoms with Crippen LogP contribution in [0, 0.1) is 0 Å². The Bertz CT molecular complexity index is 392. The van der Waals surface area contributed by atoms with Gasteiger partial charge in [0.25, 0.3) is 0 Å². The number of hydrogen-bond donors (Lipinski definition) is 7. The molecule has 0 unspecified atom stereocenters. The van der Waals surface area contributed by atoms with Crippen molar-refractivity contribution >= 4 is 0 Å². The predicted octanol–water partition coefficient (Wildman–Crippen LogP) is -4.74. The summed E-state index contributed by atoms with van der Waals surface area (Å²) < 4.78 is 20.6. The minimum atomic E-state index is -1.69. The minimum absolute atomic E-state index is 0.592. The van der Waals surface area contributed by atoms with Gasteiger partial charge >= 0.3 is 0 Å². The molecule has 2 rings (SSSR count). The molecule has 2 aliphatic heterocycles. The number of aliphatic hydroxyl groups excluding tert-OH is 7. The first-order valence-electron chi connectivity index (χ1n) is 7.46. The fourth-order valence-corrected chi connectivity index (χ4v) is 2.75. The van der Waals surface area contributed by atoms with Crippen molar-refractivity contribution < 1.29 is 54.7 Å². The van der Waals surface area contributed by atoms with Gasteiger partial charge in [-0.25, -0.2) is 0 Å². The highest BCUT2D eigenvalue weighted by Crippen LogP contribution is 2.29. The third-order valence-corrected chi connectivity index (χ3v) is 4.19. The van der Waals surface area contributed by atoms with E-state index in [1.54, 1.807) is 0 Å². The van der Waals surface area contributed by atoms with E-state index in [0.29, 0.717) is 0 Å². The van der Waals surface area contributed by atoms with Crippen molar-refractivity contribution in [3.8, 4) is 0 Å². The van der Waals surface area contributed by atoms with Gasteiger partial charge in [-0.15, -0.1) is 0 Å². The van der Waals surface area contributed by atoms with Crippen LogP contribution in [0.4, 0.5) is 0 Å². The number of rotatable bonds is 5. The number of aliphatic hydroxyl groups is 7. The van der Waals surface area contributed by atoms with Gasteiger partial charge in [-0.1, -0.05) is 0 Å². The molecule has 0 spiro atoms. The predicted molar refractivity (Wildman–Crippen MR) is 73.4 cm³/mol. The summed E-state index contributed by atoms with van der Waals surface area (Å²) in [7, 11) is 1.24. The quantitative estimate of drug-likeness (QED) is 0.251. The third-order valence-electron chi connectivity index (χ3n) is 4.19. The Balaban J connectivity index is 2.12. The molecule has 0 aromatic heterocycles. The summed E-state index contributed by atoms with van der Waals surface area (Å²) in [4.78, 5) is 0. The van der Waals surface area contributed by atoms with E-state index in [4.69, 9.17) is 24.1 Å². The molecule has 11 heteroatoms. The van der Waals surface area contributed by atoms with Crippen molar-refractivity contribution in [2.24, 2.45) is 0 Å². The fraction of sp³-hybridized carbons (Fsp3) is 1.00. The second-order valence-electron chi connectivity index (χ2n) is 5.74. The molecule has 0 aromatic carbocycles. The normalized spacial score (nSPS) is 50.0. The van der Waals surface area contributed by atoms with E-state index in [-0.39, 0.29) is 0 Å². The van der Waals surface area contributed by atoms with E-state index in [1.807, 2.05) is 0 Å². The third kappa shape index (κ3) is 3.71. The maximum absolute atomic E-state index is 10.2. The van der Waals surface area contributed by atoms with Crippen LogP contribution in [0.2, 0.25) is 0 Å². The number of hydrogen-bond acceptors (Lipinski definition) is 11. The molecule has 0 saturated carbocycles. The second-order valence-corrected chi connectivity index (χ2v) is 5.74. The molecule has 7 N–H and O–H groups in total. The summed E-state index contributed by atoms with van der Waals surface area (Å²) in [5, 5.41) is 68.0. The molecule has 10 atom stereocenters. The monoisotopic (exact) mass is 356 g/mol. The summed E-state index contributed by atoms with van der Waals surface area (Å²) >= 11 is 0. The highest BCUT2D eigenvalue weighted by molar-refractivity contribution is 4.93. The van der Waals surface area contributed by atoms with Crippen LogP contribution in [0.15, 0.2) is 0 Å². The second kappa shape index (κ2) is 8.29. The number of ether oxygens (including phenoxy) is 4. The largest absolute Gasteiger partial charge is 0.394 e. The summed E-state index contributed by atoms with van der Waals surface area (Å²) in [6.07, 6.45) is -14.3. The van der Waals surface area contributed by atoms with Crippen molar-refractivity contribution in [3.05, 3.63) is 0 Å². The molecule has 2 aliphatic rings. The average Bonchev–Trinajstić information content (AvgIpc) is 2.59. The fourth-order valence-electron chi connectivity index (χ4n) is 2.75. The summed E-state index contributed by atoms with van der Waals surface area (Å²) in [5.74, 6) is 0. The first-order valence-corrected chi connectivity index (χ1v) is 7.46. The maximum atomic E-state index is 10.2. The first-order chi connectivity index (χ1) is 11.3. The Labute approximate surface area is 137 Å². The molecular formula is C13H24O11. The molecule has 2 saturated heterocycles. The average molecular weight is 356 g/mol. The Kier molecular flexibility index (Phi) is 6.87.